The molecule has 0 N–H and O–H groups in total. The number of hydrogen-bond donors (Lipinski definition) is 0. The fraction of sp³-hybridized carbons (Fsp3) is 0.526. The van der Waals surface area contributed by atoms with Gasteiger partial charge < -0.3 is 9.47 Å². The number of benzene rings is 1. The Morgan fingerprint density at radius 2 is 1.54 bits per heavy atom. The highest BCUT2D eigenvalue weighted by atomic mass is 16.5. The van der Waals surface area contributed by atoms with Gasteiger partial charge in [-0.2, -0.15) is 0 Å². The molecule has 0 spiro atoms. The minimum atomic E-state index is -0.0634. The molecule has 0 saturated heterocycles. The Labute approximate surface area is 143 Å². The monoisotopic (exact) mass is 332 g/mol. The summed E-state index contributed by atoms with van der Waals surface area (Å²) in [5, 5.41) is 0. The molecule has 0 fully saturated rings. The molecule has 132 valence electrons. The van der Waals surface area contributed by atoms with E-state index in [0.717, 1.165) is 11.4 Å². The van der Waals surface area contributed by atoms with Crippen LogP contribution < -0.4 is 5.69 Å². The smallest absolute Gasteiger partial charge is 0.332 e. The molecule has 0 aliphatic carbocycles. The third-order valence-corrected chi connectivity index (χ3v) is 3.98. The normalized spacial score (nSPS) is 11.4. The van der Waals surface area contributed by atoms with Gasteiger partial charge in [0.2, 0.25) is 0 Å². The van der Waals surface area contributed by atoms with Crippen LogP contribution in [0.25, 0.3) is 0 Å². The van der Waals surface area contributed by atoms with E-state index in [4.69, 9.17) is 9.47 Å². The van der Waals surface area contributed by atoms with Crippen molar-refractivity contribution in [3.63, 3.8) is 0 Å². The van der Waals surface area contributed by atoms with E-state index in [2.05, 4.69) is 26.0 Å². The highest BCUT2D eigenvalue weighted by Gasteiger charge is 2.22. The van der Waals surface area contributed by atoms with Crippen LogP contribution in [0.4, 0.5) is 0 Å². The maximum Gasteiger partial charge on any atom is 0.332 e. The van der Waals surface area contributed by atoms with Crippen LogP contribution >= 0.6 is 0 Å². The lowest BCUT2D eigenvalue weighted by Crippen LogP contribution is -2.27. The second kappa shape index (κ2) is 8.85. The minimum absolute atomic E-state index is 0.0634. The van der Waals surface area contributed by atoms with E-state index in [9.17, 15) is 4.79 Å². The average molecular weight is 332 g/mol. The molecular weight excluding hydrogens is 304 g/mol. The van der Waals surface area contributed by atoms with Gasteiger partial charge >= 0.3 is 5.69 Å². The molecular formula is C19H28N2O3. The third-order valence-electron chi connectivity index (χ3n) is 3.98. The molecule has 0 radical (unpaired) electrons. The molecule has 1 heterocycles. The van der Waals surface area contributed by atoms with Gasteiger partial charge in [-0.25, -0.2) is 4.79 Å². The summed E-state index contributed by atoms with van der Waals surface area (Å²) < 4.78 is 14.5. The van der Waals surface area contributed by atoms with Crippen molar-refractivity contribution in [2.45, 2.75) is 53.5 Å². The van der Waals surface area contributed by atoms with Crippen LogP contribution in [0, 0.1) is 0 Å². The molecule has 2 rings (SSSR count). The molecule has 0 amide bonds. The Kier molecular flexibility index (Phi) is 6.82. The fourth-order valence-electron chi connectivity index (χ4n) is 2.90. The Bertz CT molecular complexity index is 687. The zero-order valence-electron chi connectivity index (χ0n) is 15.1. The van der Waals surface area contributed by atoms with Crippen LogP contribution in [-0.2, 0) is 29.4 Å². The first-order valence-corrected chi connectivity index (χ1v) is 8.61. The van der Waals surface area contributed by atoms with E-state index in [1.54, 1.807) is 9.13 Å². The molecule has 1 aromatic carbocycles. The molecule has 24 heavy (non-hydrogen) atoms. The Balaban J connectivity index is 2.52. The van der Waals surface area contributed by atoms with Gasteiger partial charge in [0.1, 0.15) is 13.5 Å². The lowest BCUT2D eigenvalue weighted by atomic mass is 10.0. The van der Waals surface area contributed by atoms with E-state index < -0.39 is 0 Å². The molecule has 0 bridgehead atoms. The van der Waals surface area contributed by atoms with E-state index >= 15 is 0 Å². The Morgan fingerprint density at radius 1 is 0.958 bits per heavy atom. The number of rotatable bonds is 9. The Morgan fingerprint density at radius 3 is 2.08 bits per heavy atom. The summed E-state index contributed by atoms with van der Waals surface area (Å²) in [5.41, 5.74) is 3.15. The average Bonchev–Trinajstić information content (AvgIpc) is 2.83. The lowest BCUT2D eigenvalue weighted by Gasteiger charge is -2.14. The van der Waals surface area contributed by atoms with E-state index in [0.29, 0.717) is 19.6 Å². The summed E-state index contributed by atoms with van der Waals surface area (Å²) in [6.45, 7) is 9.79. The van der Waals surface area contributed by atoms with Crippen molar-refractivity contribution >= 4 is 0 Å². The number of imidazole rings is 1. The van der Waals surface area contributed by atoms with Gasteiger partial charge in [0, 0.05) is 31.0 Å². The van der Waals surface area contributed by atoms with E-state index in [1.165, 1.54) is 5.56 Å². The van der Waals surface area contributed by atoms with E-state index in [1.807, 2.05) is 32.0 Å². The fourth-order valence-corrected chi connectivity index (χ4v) is 2.90. The van der Waals surface area contributed by atoms with Crippen molar-refractivity contribution in [2.24, 2.45) is 0 Å². The second-order valence-corrected chi connectivity index (χ2v) is 6.03. The van der Waals surface area contributed by atoms with Crippen molar-refractivity contribution in [3.05, 3.63) is 57.8 Å². The van der Waals surface area contributed by atoms with Crippen LogP contribution in [0.3, 0.4) is 0 Å². The van der Waals surface area contributed by atoms with Crippen LogP contribution in [0.2, 0.25) is 0 Å². The number of nitrogens with zero attached hydrogens (tertiary/aromatic N) is 2. The van der Waals surface area contributed by atoms with E-state index in [-0.39, 0.29) is 25.1 Å². The molecule has 2 aromatic rings. The van der Waals surface area contributed by atoms with Gasteiger partial charge in [-0.05, 0) is 25.3 Å². The van der Waals surface area contributed by atoms with Crippen molar-refractivity contribution in [1.29, 1.82) is 0 Å². The first kappa shape index (κ1) is 18.5. The van der Waals surface area contributed by atoms with Crippen molar-refractivity contribution in [2.75, 3.05) is 13.2 Å². The third kappa shape index (κ3) is 4.16. The zero-order valence-corrected chi connectivity index (χ0v) is 15.1. The highest BCUT2D eigenvalue weighted by molar-refractivity contribution is 5.27. The molecule has 0 unspecified atom stereocenters. The minimum Gasteiger partial charge on any atom is -0.361 e. The maximum absolute atomic E-state index is 12.9. The SMILES string of the molecule is CCOCn1c(Cc2ccccc2)c(C(C)C)n(COCC)c1=O. The quantitative estimate of drug-likeness (QED) is 0.707. The van der Waals surface area contributed by atoms with Gasteiger partial charge in [0.05, 0.1) is 0 Å². The predicted molar refractivity (Wildman–Crippen MR) is 95.3 cm³/mol. The summed E-state index contributed by atoms with van der Waals surface area (Å²) in [6.07, 6.45) is 0.704. The van der Waals surface area contributed by atoms with Gasteiger partial charge in [-0.3, -0.25) is 9.13 Å². The molecule has 0 atom stereocenters. The highest BCUT2D eigenvalue weighted by Crippen LogP contribution is 2.22. The molecule has 1 aromatic heterocycles. The van der Waals surface area contributed by atoms with Gasteiger partial charge in [0.15, 0.2) is 0 Å². The standard InChI is InChI=1S/C19H28N2O3/c1-5-23-13-20-17(12-16-10-8-7-9-11-16)18(15(3)4)21(19(20)22)14-24-6-2/h7-11,15H,5-6,12-14H2,1-4H3. The zero-order chi connectivity index (χ0) is 17.5. The first-order valence-electron chi connectivity index (χ1n) is 8.61. The van der Waals surface area contributed by atoms with Gasteiger partial charge in [-0.15, -0.1) is 0 Å². The van der Waals surface area contributed by atoms with Crippen LogP contribution in [0.1, 0.15) is 50.6 Å². The van der Waals surface area contributed by atoms with Crippen LogP contribution in [-0.4, -0.2) is 22.3 Å². The van der Waals surface area contributed by atoms with Gasteiger partial charge in [-0.1, -0.05) is 44.2 Å². The maximum atomic E-state index is 12.9. The Hall–Kier alpha value is -1.85. The van der Waals surface area contributed by atoms with Crippen molar-refractivity contribution in [1.82, 2.24) is 9.13 Å². The first-order chi connectivity index (χ1) is 11.6. The largest absolute Gasteiger partial charge is 0.361 e. The van der Waals surface area contributed by atoms with Gasteiger partial charge in [0.25, 0.3) is 0 Å². The van der Waals surface area contributed by atoms with Crippen molar-refractivity contribution in [3.8, 4) is 0 Å². The second-order valence-electron chi connectivity index (χ2n) is 6.03. The van der Waals surface area contributed by atoms with Crippen LogP contribution in [0.5, 0.6) is 0 Å². The predicted octanol–water partition coefficient (Wildman–Crippen LogP) is 3.35. The number of aromatic nitrogens is 2. The molecule has 0 saturated carbocycles. The lowest BCUT2D eigenvalue weighted by molar-refractivity contribution is 0.0725. The summed E-state index contributed by atoms with van der Waals surface area (Å²) in [6, 6.07) is 10.2. The number of ether oxygens (including phenoxy) is 2. The van der Waals surface area contributed by atoms with Crippen LogP contribution in [0.15, 0.2) is 35.1 Å². The summed E-state index contributed by atoms with van der Waals surface area (Å²) in [7, 11) is 0. The molecule has 5 heteroatoms. The molecule has 0 aliphatic heterocycles. The van der Waals surface area contributed by atoms with Crippen molar-refractivity contribution < 1.29 is 9.47 Å². The molecule has 5 nitrogen and oxygen atoms in total. The topological polar surface area (TPSA) is 45.4 Å². The summed E-state index contributed by atoms with van der Waals surface area (Å²) in [5.74, 6) is 0.222. The number of hydrogen-bond acceptors (Lipinski definition) is 3. The summed E-state index contributed by atoms with van der Waals surface area (Å²) in [4.78, 5) is 12.9. The molecule has 0 aliphatic rings. The summed E-state index contributed by atoms with van der Waals surface area (Å²) >= 11 is 0.